The van der Waals surface area contributed by atoms with E-state index in [4.69, 9.17) is 4.74 Å². The van der Waals surface area contributed by atoms with Crippen molar-refractivity contribution in [1.29, 1.82) is 0 Å². The summed E-state index contributed by atoms with van der Waals surface area (Å²) in [5.41, 5.74) is 1.68. The van der Waals surface area contributed by atoms with Crippen LogP contribution < -0.4 is 5.32 Å². The number of fused-ring (bicyclic) bond motifs is 1. The van der Waals surface area contributed by atoms with Gasteiger partial charge in [-0.1, -0.05) is 19.3 Å². The van der Waals surface area contributed by atoms with E-state index in [9.17, 15) is 9.59 Å². The molecule has 2 aromatic rings. The zero-order valence-corrected chi connectivity index (χ0v) is 13.7. The number of amides is 1. The van der Waals surface area contributed by atoms with Crippen molar-refractivity contribution < 1.29 is 14.3 Å². The van der Waals surface area contributed by atoms with Gasteiger partial charge in [-0.3, -0.25) is 14.8 Å². The van der Waals surface area contributed by atoms with Gasteiger partial charge < -0.3 is 10.1 Å². The summed E-state index contributed by atoms with van der Waals surface area (Å²) in [7, 11) is 0. The average molecular weight is 327 g/mol. The number of ether oxygens (including phenoxy) is 1. The molecular formula is C18H21N3O3. The van der Waals surface area contributed by atoms with Crippen LogP contribution in [-0.4, -0.2) is 34.0 Å². The van der Waals surface area contributed by atoms with Gasteiger partial charge in [0.15, 0.2) is 6.10 Å². The minimum atomic E-state index is -0.822. The van der Waals surface area contributed by atoms with Crippen LogP contribution in [0.3, 0.4) is 0 Å². The summed E-state index contributed by atoms with van der Waals surface area (Å²) in [6.07, 6.45) is 7.83. The van der Waals surface area contributed by atoms with Crippen LogP contribution in [0.5, 0.6) is 0 Å². The topological polar surface area (TPSA) is 81.2 Å². The first-order valence-electron chi connectivity index (χ1n) is 8.35. The van der Waals surface area contributed by atoms with Crippen molar-refractivity contribution in [2.75, 3.05) is 0 Å². The first-order chi connectivity index (χ1) is 11.6. The first-order valence-corrected chi connectivity index (χ1v) is 8.35. The highest BCUT2D eigenvalue weighted by Gasteiger charge is 2.23. The summed E-state index contributed by atoms with van der Waals surface area (Å²) >= 11 is 0. The van der Waals surface area contributed by atoms with Gasteiger partial charge in [0.2, 0.25) is 0 Å². The maximum Gasteiger partial charge on any atom is 0.338 e. The molecule has 1 aromatic carbocycles. The Hall–Kier alpha value is -2.50. The summed E-state index contributed by atoms with van der Waals surface area (Å²) in [5, 5.41) is 2.97. The van der Waals surface area contributed by atoms with Crippen LogP contribution in [0.4, 0.5) is 0 Å². The van der Waals surface area contributed by atoms with E-state index < -0.39 is 12.1 Å². The number of carbonyl (C=O) groups excluding carboxylic acids is 2. The molecule has 0 aliphatic heterocycles. The zero-order chi connectivity index (χ0) is 16.9. The number of nitrogens with zero attached hydrogens (tertiary/aromatic N) is 2. The second kappa shape index (κ2) is 7.38. The molecule has 1 fully saturated rings. The van der Waals surface area contributed by atoms with Gasteiger partial charge in [-0.25, -0.2) is 4.79 Å². The highest BCUT2D eigenvalue weighted by atomic mass is 16.5. The van der Waals surface area contributed by atoms with E-state index in [-0.39, 0.29) is 11.9 Å². The van der Waals surface area contributed by atoms with Crippen LogP contribution in [0.2, 0.25) is 0 Å². The van der Waals surface area contributed by atoms with Crippen molar-refractivity contribution in [2.24, 2.45) is 0 Å². The Morgan fingerprint density at radius 2 is 1.83 bits per heavy atom. The van der Waals surface area contributed by atoms with E-state index in [2.05, 4.69) is 15.3 Å². The summed E-state index contributed by atoms with van der Waals surface area (Å²) in [5.74, 6) is -0.773. The Labute approximate surface area is 140 Å². The van der Waals surface area contributed by atoms with Crippen molar-refractivity contribution in [1.82, 2.24) is 15.3 Å². The van der Waals surface area contributed by atoms with E-state index in [1.807, 2.05) is 0 Å². The van der Waals surface area contributed by atoms with Gasteiger partial charge in [-0.2, -0.15) is 0 Å². The number of esters is 1. The Bertz CT molecular complexity index is 741. The van der Waals surface area contributed by atoms with Gasteiger partial charge in [-0.15, -0.1) is 0 Å². The van der Waals surface area contributed by atoms with Gasteiger partial charge >= 0.3 is 5.97 Å². The average Bonchev–Trinajstić information content (AvgIpc) is 2.62. The van der Waals surface area contributed by atoms with E-state index in [0.29, 0.717) is 16.6 Å². The molecule has 1 unspecified atom stereocenters. The monoisotopic (exact) mass is 327 g/mol. The Morgan fingerprint density at radius 3 is 2.58 bits per heavy atom. The van der Waals surface area contributed by atoms with Crippen LogP contribution in [0.15, 0.2) is 30.6 Å². The Kier molecular flexibility index (Phi) is 5.03. The fourth-order valence-electron chi connectivity index (χ4n) is 2.94. The molecule has 1 saturated carbocycles. The number of benzene rings is 1. The predicted octanol–water partition coefficient (Wildman–Crippen LogP) is 2.62. The number of carbonyl (C=O) groups is 2. The number of aromatic nitrogens is 2. The predicted molar refractivity (Wildman–Crippen MR) is 89.4 cm³/mol. The molecule has 1 aliphatic carbocycles. The summed E-state index contributed by atoms with van der Waals surface area (Å²) in [6.45, 7) is 1.59. The van der Waals surface area contributed by atoms with Gasteiger partial charge in [0, 0.05) is 18.4 Å². The van der Waals surface area contributed by atoms with Crippen molar-refractivity contribution >= 4 is 22.9 Å². The normalized spacial score (nSPS) is 16.5. The molecule has 24 heavy (non-hydrogen) atoms. The molecule has 1 aromatic heterocycles. The van der Waals surface area contributed by atoms with Gasteiger partial charge in [0.05, 0.1) is 16.6 Å². The maximum absolute atomic E-state index is 12.2. The van der Waals surface area contributed by atoms with E-state index in [1.54, 1.807) is 37.5 Å². The van der Waals surface area contributed by atoms with Gasteiger partial charge in [0.25, 0.3) is 5.91 Å². The SMILES string of the molecule is CC(OC(=O)c1ccc2nccnc2c1)C(=O)NC1CCCCC1. The zero-order valence-electron chi connectivity index (χ0n) is 13.7. The lowest BCUT2D eigenvalue weighted by atomic mass is 9.95. The van der Waals surface area contributed by atoms with Gasteiger partial charge in [0.1, 0.15) is 0 Å². The summed E-state index contributed by atoms with van der Waals surface area (Å²) in [4.78, 5) is 32.7. The highest BCUT2D eigenvalue weighted by molar-refractivity contribution is 5.95. The Balaban J connectivity index is 1.60. The smallest absolute Gasteiger partial charge is 0.338 e. The fraction of sp³-hybridized carbons (Fsp3) is 0.444. The number of rotatable bonds is 4. The molecule has 1 aliphatic rings. The molecule has 1 heterocycles. The molecule has 0 saturated heterocycles. The molecule has 1 amide bonds. The lowest BCUT2D eigenvalue weighted by molar-refractivity contribution is -0.130. The second-order valence-corrected chi connectivity index (χ2v) is 6.15. The second-order valence-electron chi connectivity index (χ2n) is 6.15. The molecule has 1 N–H and O–H groups in total. The highest BCUT2D eigenvalue weighted by Crippen LogP contribution is 2.18. The molecular weight excluding hydrogens is 306 g/mol. The minimum Gasteiger partial charge on any atom is -0.449 e. The molecule has 6 nitrogen and oxygen atoms in total. The quantitative estimate of drug-likeness (QED) is 0.873. The van der Waals surface area contributed by atoms with E-state index >= 15 is 0 Å². The third-order valence-electron chi connectivity index (χ3n) is 4.31. The Morgan fingerprint density at radius 1 is 1.12 bits per heavy atom. The number of hydrogen-bond donors (Lipinski definition) is 1. The van der Waals surface area contributed by atoms with Gasteiger partial charge in [-0.05, 0) is 38.0 Å². The van der Waals surface area contributed by atoms with Crippen LogP contribution in [0.1, 0.15) is 49.4 Å². The molecule has 0 radical (unpaired) electrons. The van der Waals surface area contributed by atoms with Crippen LogP contribution in [-0.2, 0) is 9.53 Å². The summed E-state index contributed by atoms with van der Waals surface area (Å²) in [6, 6.07) is 5.16. The standard InChI is InChI=1S/C18H21N3O3/c1-12(17(22)21-14-5-3-2-4-6-14)24-18(23)13-7-8-15-16(11-13)20-10-9-19-15/h7-12,14H,2-6H2,1H3,(H,21,22). The van der Waals surface area contributed by atoms with E-state index in [0.717, 1.165) is 25.7 Å². The molecule has 6 heteroatoms. The largest absolute Gasteiger partial charge is 0.449 e. The molecule has 3 rings (SSSR count). The van der Waals surface area contributed by atoms with Crippen LogP contribution in [0, 0.1) is 0 Å². The minimum absolute atomic E-state index is 0.198. The van der Waals surface area contributed by atoms with Crippen molar-refractivity contribution in [3.05, 3.63) is 36.2 Å². The third-order valence-corrected chi connectivity index (χ3v) is 4.31. The van der Waals surface area contributed by atoms with E-state index in [1.165, 1.54) is 6.42 Å². The first kappa shape index (κ1) is 16.4. The van der Waals surface area contributed by atoms with Crippen LogP contribution >= 0.6 is 0 Å². The van der Waals surface area contributed by atoms with Crippen molar-refractivity contribution in [2.45, 2.75) is 51.2 Å². The lowest BCUT2D eigenvalue weighted by Crippen LogP contribution is -2.42. The number of nitrogens with one attached hydrogen (secondary N) is 1. The molecule has 0 spiro atoms. The molecule has 1 atom stereocenters. The van der Waals surface area contributed by atoms with Crippen molar-refractivity contribution in [3.8, 4) is 0 Å². The molecule has 126 valence electrons. The third kappa shape index (κ3) is 3.88. The molecule has 0 bridgehead atoms. The lowest BCUT2D eigenvalue weighted by Gasteiger charge is -2.24. The number of hydrogen-bond acceptors (Lipinski definition) is 5. The van der Waals surface area contributed by atoms with Crippen LogP contribution in [0.25, 0.3) is 11.0 Å². The summed E-state index contributed by atoms with van der Waals surface area (Å²) < 4.78 is 5.29. The fourth-order valence-corrected chi connectivity index (χ4v) is 2.94. The maximum atomic E-state index is 12.2. The van der Waals surface area contributed by atoms with Crippen molar-refractivity contribution in [3.63, 3.8) is 0 Å².